The van der Waals surface area contributed by atoms with Gasteiger partial charge in [-0.25, -0.2) is 9.59 Å². The maximum Gasteiger partial charge on any atom is 0.412 e. The molecule has 174 valence electrons. The topological polar surface area (TPSA) is 102 Å². The number of rotatable bonds is 7. The summed E-state index contributed by atoms with van der Waals surface area (Å²) < 4.78 is 10.8. The number of thiophene rings is 1. The molecule has 0 aliphatic rings. The number of halogens is 1. The number of carbonyl (C=O) groups is 2. The van der Waals surface area contributed by atoms with Crippen molar-refractivity contribution in [2.75, 3.05) is 5.32 Å². The Kier molecular flexibility index (Phi) is 7.00. The number of carboxylic acids is 1. The highest BCUT2D eigenvalue weighted by Crippen LogP contribution is 2.32. The smallest absolute Gasteiger partial charge is 0.412 e. The van der Waals surface area contributed by atoms with Crippen molar-refractivity contribution in [3.05, 3.63) is 92.3 Å². The van der Waals surface area contributed by atoms with Crippen LogP contribution in [0.3, 0.4) is 0 Å². The Bertz CT molecular complexity index is 1330. The molecule has 2 aromatic carbocycles. The van der Waals surface area contributed by atoms with Gasteiger partial charge in [0.1, 0.15) is 22.4 Å². The van der Waals surface area contributed by atoms with Gasteiger partial charge in [0.05, 0.1) is 0 Å². The number of aromatic nitrogens is 1. The first kappa shape index (κ1) is 23.5. The summed E-state index contributed by atoms with van der Waals surface area (Å²) in [5, 5.41) is 16.4. The van der Waals surface area contributed by atoms with Crippen molar-refractivity contribution in [2.45, 2.75) is 26.4 Å². The van der Waals surface area contributed by atoms with E-state index in [-0.39, 0.29) is 0 Å². The number of ether oxygens (including phenoxy) is 1. The first-order valence-corrected chi connectivity index (χ1v) is 11.6. The highest BCUT2D eigenvalue weighted by Gasteiger charge is 2.20. The van der Waals surface area contributed by atoms with E-state index in [0.717, 1.165) is 16.0 Å². The summed E-state index contributed by atoms with van der Waals surface area (Å²) in [5.41, 5.74) is 3.39. The number of carbonyl (C=O) groups excluding carboxylic acids is 1. The Morgan fingerprint density at radius 2 is 1.88 bits per heavy atom. The quantitative estimate of drug-likeness (QED) is 0.286. The average Bonchev–Trinajstić information content (AvgIpc) is 3.42. The Morgan fingerprint density at radius 3 is 2.56 bits per heavy atom. The lowest BCUT2D eigenvalue weighted by atomic mass is 10.1. The third-order valence-corrected chi connectivity index (χ3v) is 6.61. The second-order valence-electron chi connectivity index (χ2n) is 7.60. The van der Waals surface area contributed by atoms with Crippen LogP contribution in [0.15, 0.2) is 65.2 Å². The number of nitrogens with zero attached hydrogens (tertiary/aromatic N) is 1. The molecule has 7 nitrogen and oxygen atoms in total. The van der Waals surface area contributed by atoms with Crippen LogP contribution in [-0.2, 0) is 11.2 Å². The van der Waals surface area contributed by atoms with E-state index in [9.17, 15) is 9.59 Å². The molecular weight excluding hydrogens is 476 g/mol. The highest BCUT2D eigenvalue weighted by molar-refractivity contribution is 7.13. The number of carboxylic acid groups (broad SMARTS) is 1. The van der Waals surface area contributed by atoms with E-state index in [0.29, 0.717) is 39.0 Å². The molecular formula is C25H21ClN2O5S. The van der Waals surface area contributed by atoms with E-state index in [1.54, 1.807) is 32.0 Å². The average molecular weight is 497 g/mol. The molecule has 34 heavy (non-hydrogen) atoms. The molecule has 0 aliphatic heterocycles. The van der Waals surface area contributed by atoms with E-state index in [1.807, 2.05) is 42.5 Å². The lowest BCUT2D eigenvalue weighted by molar-refractivity contribution is 0.0702. The van der Waals surface area contributed by atoms with Gasteiger partial charge in [-0.05, 0) is 37.6 Å². The molecule has 0 bridgehead atoms. The summed E-state index contributed by atoms with van der Waals surface area (Å²) in [6.07, 6.45) is -0.577. The van der Waals surface area contributed by atoms with Gasteiger partial charge in [0, 0.05) is 27.4 Å². The molecule has 1 unspecified atom stereocenters. The van der Waals surface area contributed by atoms with E-state index >= 15 is 0 Å². The summed E-state index contributed by atoms with van der Waals surface area (Å²) in [6, 6.07) is 18.2. The van der Waals surface area contributed by atoms with Crippen molar-refractivity contribution < 1.29 is 24.0 Å². The van der Waals surface area contributed by atoms with E-state index in [4.69, 9.17) is 26.0 Å². The van der Waals surface area contributed by atoms with E-state index in [1.165, 1.54) is 11.3 Å². The minimum absolute atomic E-state index is 0.316. The molecule has 2 N–H and O–H groups in total. The van der Waals surface area contributed by atoms with Crippen LogP contribution in [0.1, 0.15) is 44.5 Å². The second-order valence-corrected chi connectivity index (χ2v) is 9.18. The van der Waals surface area contributed by atoms with Crippen LogP contribution >= 0.6 is 22.9 Å². The Balaban J connectivity index is 1.46. The number of aryl methyl sites for hydroxylation is 1. The summed E-state index contributed by atoms with van der Waals surface area (Å²) in [7, 11) is 0. The molecule has 4 aromatic rings. The molecule has 0 radical (unpaired) electrons. The van der Waals surface area contributed by atoms with E-state index in [2.05, 4.69) is 10.5 Å². The largest absolute Gasteiger partial charge is 0.477 e. The number of anilines is 1. The van der Waals surface area contributed by atoms with Gasteiger partial charge in [-0.3, -0.25) is 5.32 Å². The lowest BCUT2D eigenvalue weighted by Crippen LogP contribution is -2.17. The van der Waals surface area contributed by atoms with Gasteiger partial charge in [0.25, 0.3) is 0 Å². The zero-order valence-corrected chi connectivity index (χ0v) is 19.9. The van der Waals surface area contributed by atoms with Gasteiger partial charge in [-0.15, -0.1) is 11.3 Å². The summed E-state index contributed by atoms with van der Waals surface area (Å²) in [4.78, 5) is 24.9. The molecule has 1 amide bonds. The van der Waals surface area contributed by atoms with Crippen LogP contribution in [0.25, 0.3) is 11.3 Å². The Morgan fingerprint density at radius 1 is 1.15 bits per heavy atom. The van der Waals surface area contributed by atoms with Crippen LogP contribution in [0.2, 0.25) is 5.02 Å². The molecule has 1 atom stereocenters. The molecule has 2 aromatic heterocycles. The van der Waals surface area contributed by atoms with Gasteiger partial charge < -0.3 is 14.4 Å². The maximum atomic E-state index is 12.6. The van der Waals surface area contributed by atoms with Crippen molar-refractivity contribution in [1.29, 1.82) is 0 Å². The third kappa shape index (κ3) is 5.30. The highest BCUT2D eigenvalue weighted by atomic mass is 35.5. The number of aromatic carboxylic acids is 1. The second kappa shape index (κ2) is 10.1. The van der Waals surface area contributed by atoms with Gasteiger partial charge in [0.15, 0.2) is 5.76 Å². The fourth-order valence-corrected chi connectivity index (χ4v) is 4.62. The van der Waals surface area contributed by atoms with Crippen molar-refractivity contribution in [2.24, 2.45) is 0 Å². The van der Waals surface area contributed by atoms with Crippen LogP contribution in [0, 0.1) is 6.92 Å². The lowest BCUT2D eigenvalue weighted by Gasteiger charge is -2.15. The van der Waals surface area contributed by atoms with Crippen LogP contribution < -0.4 is 5.32 Å². The van der Waals surface area contributed by atoms with Gasteiger partial charge >= 0.3 is 12.1 Å². The predicted octanol–water partition coefficient (Wildman–Crippen LogP) is 6.96. The molecule has 0 saturated carbocycles. The molecule has 2 heterocycles. The number of nitrogens with one attached hydrogen (secondary N) is 1. The normalized spacial score (nSPS) is 11.7. The monoisotopic (exact) mass is 496 g/mol. The number of hydrogen-bond acceptors (Lipinski definition) is 6. The zero-order valence-electron chi connectivity index (χ0n) is 18.4. The first-order chi connectivity index (χ1) is 16.3. The van der Waals surface area contributed by atoms with Crippen molar-refractivity contribution >= 4 is 40.7 Å². The van der Waals surface area contributed by atoms with Crippen LogP contribution in [-0.4, -0.2) is 22.3 Å². The predicted molar refractivity (Wildman–Crippen MR) is 131 cm³/mol. The third-order valence-electron chi connectivity index (χ3n) is 5.19. The minimum atomic E-state index is -0.923. The van der Waals surface area contributed by atoms with Crippen molar-refractivity contribution in [3.63, 3.8) is 0 Å². The van der Waals surface area contributed by atoms with E-state index < -0.39 is 18.2 Å². The van der Waals surface area contributed by atoms with Crippen LogP contribution in [0.5, 0.6) is 0 Å². The SMILES string of the molecule is Cc1onc(-c2ccc(Cc3ccc(C(=O)O)s3)cc2)c1NC(=O)OC(C)c1ccccc1Cl. The molecule has 0 fully saturated rings. The van der Waals surface area contributed by atoms with Gasteiger partial charge in [0.2, 0.25) is 0 Å². The molecule has 0 spiro atoms. The molecule has 0 aliphatic carbocycles. The number of hydrogen-bond donors (Lipinski definition) is 2. The minimum Gasteiger partial charge on any atom is -0.477 e. The zero-order chi connectivity index (χ0) is 24.2. The maximum absolute atomic E-state index is 12.6. The fourth-order valence-electron chi connectivity index (χ4n) is 3.45. The first-order valence-electron chi connectivity index (χ1n) is 10.4. The van der Waals surface area contributed by atoms with Crippen molar-refractivity contribution in [3.8, 4) is 11.3 Å². The fraction of sp³-hybridized carbons (Fsp3) is 0.160. The van der Waals surface area contributed by atoms with Crippen LogP contribution in [0.4, 0.5) is 10.5 Å². The summed E-state index contributed by atoms with van der Waals surface area (Å²) in [5.74, 6) is -0.478. The van der Waals surface area contributed by atoms with Gasteiger partial charge in [-0.1, -0.05) is 59.2 Å². The molecule has 0 saturated heterocycles. The molecule has 4 rings (SSSR count). The number of amides is 1. The van der Waals surface area contributed by atoms with Crippen molar-refractivity contribution in [1.82, 2.24) is 5.16 Å². The number of benzene rings is 2. The Hall–Kier alpha value is -3.62. The summed E-state index contributed by atoms with van der Waals surface area (Å²) in [6.45, 7) is 3.45. The van der Waals surface area contributed by atoms with Gasteiger partial charge in [-0.2, -0.15) is 0 Å². The standard InChI is InChI=1S/C25H21ClN2O5S/c1-14(19-5-3-4-6-20(19)26)32-25(31)27-22-15(2)33-28-23(22)17-9-7-16(8-10-17)13-18-11-12-21(34-18)24(29)30/h3-12,14H,13H2,1-2H3,(H,27,31)(H,29,30). The molecule has 9 heteroatoms. The summed E-state index contributed by atoms with van der Waals surface area (Å²) >= 11 is 7.45. The Labute approximate surface area is 204 Å².